The van der Waals surface area contributed by atoms with Gasteiger partial charge in [-0.2, -0.15) is 0 Å². The second-order valence-corrected chi connectivity index (χ2v) is 6.51. The number of amides is 3. The molecule has 0 atom stereocenters. The van der Waals surface area contributed by atoms with E-state index in [1.807, 2.05) is 49.4 Å². The summed E-state index contributed by atoms with van der Waals surface area (Å²) in [5.41, 5.74) is 2.62. The molecular weight excluding hydrogens is 344 g/mol. The van der Waals surface area contributed by atoms with Crippen LogP contribution in [0.3, 0.4) is 0 Å². The van der Waals surface area contributed by atoms with E-state index in [-0.39, 0.29) is 43.5 Å². The van der Waals surface area contributed by atoms with Gasteiger partial charge in [0.1, 0.15) is 12.4 Å². The highest BCUT2D eigenvalue weighted by atomic mass is 16.5. The predicted octanol–water partition coefficient (Wildman–Crippen LogP) is 3.05. The van der Waals surface area contributed by atoms with E-state index in [9.17, 15) is 14.4 Å². The first-order valence-corrected chi connectivity index (χ1v) is 8.93. The molecule has 0 radical (unpaired) electrons. The number of aryl methyl sites for hydroxylation is 1. The Morgan fingerprint density at radius 2 is 1.78 bits per heavy atom. The van der Waals surface area contributed by atoms with E-state index in [0.29, 0.717) is 18.0 Å². The summed E-state index contributed by atoms with van der Waals surface area (Å²) in [5.74, 6) is -0.110. The van der Waals surface area contributed by atoms with E-state index < -0.39 is 0 Å². The van der Waals surface area contributed by atoms with E-state index in [1.54, 1.807) is 6.07 Å². The Balaban J connectivity index is 1.61. The van der Waals surface area contributed by atoms with Crippen LogP contribution in [0.1, 0.15) is 30.4 Å². The number of ether oxygens (including phenoxy) is 1. The smallest absolute Gasteiger partial charge is 0.229 e. The number of imide groups is 1. The van der Waals surface area contributed by atoms with Gasteiger partial charge in [-0.25, -0.2) is 0 Å². The Morgan fingerprint density at radius 1 is 1.07 bits per heavy atom. The standard InChI is InChI=1S/C21H22N2O4/c1-15-7-8-17(18(13-15)27-14-16-5-3-2-4-6-16)22-19(24)11-12-23-20(25)9-10-21(23)26/h2-8,13H,9-12,14H2,1H3,(H,22,24). The lowest BCUT2D eigenvalue weighted by Gasteiger charge is -2.15. The molecule has 0 saturated carbocycles. The maximum Gasteiger partial charge on any atom is 0.229 e. The second-order valence-electron chi connectivity index (χ2n) is 6.51. The van der Waals surface area contributed by atoms with Crippen LogP contribution in [0.15, 0.2) is 48.5 Å². The molecule has 0 aromatic heterocycles. The Kier molecular flexibility index (Phi) is 5.86. The lowest BCUT2D eigenvalue weighted by molar-refractivity contribution is -0.138. The molecule has 6 heteroatoms. The van der Waals surface area contributed by atoms with Gasteiger partial charge in [0.15, 0.2) is 0 Å². The topological polar surface area (TPSA) is 75.7 Å². The summed E-state index contributed by atoms with van der Waals surface area (Å²) in [6.45, 7) is 2.45. The quantitative estimate of drug-likeness (QED) is 0.764. The summed E-state index contributed by atoms with van der Waals surface area (Å²) in [5, 5.41) is 2.81. The van der Waals surface area contributed by atoms with Crippen LogP contribution < -0.4 is 10.1 Å². The molecule has 27 heavy (non-hydrogen) atoms. The molecule has 1 heterocycles. The molecule has 0 aliphatic carbocycles. The Morgan fingerprint density at radius 3 is 2.48 bits per heavy atom. The summed E-state index contributed by atoms with van der Waals surface area (Å²) in [6.07, 6.45) is 0.523. The zero-order valence-corrected chi connectivity index (χ0v) is 15.2. The first-order chi connectivity index (χ1) is 13.0. The van der Waals surface area contributed by atoms with E-state index in [4.69, 9.17) is 4.74 Å². The van der Waals surface area contributed by atoms with Crippen molar-refractivity contribution in [3.8, 4) is 5.75 Å². The van der Waals surface area contributed by atoms with Crippen molar-refractivity contribution in [1.82, 2.24) is 4.90 Å². The van der Waals surface area contributed by atoms with Gasteiger partial charge in [0.25, 0.3) is 0 Å². The molecule has 1 fully saturated rings. The van der Waals surface area contributed by atoms with Crippen LogP contribution in [0.2, 0.25) is 0 Å². The second kappa shape index (κ2) is 8.49. The minimum atomic E-state index is -0.268. The van der Waals surface area contributed by atoms with Crippen LogP contribution in [-0.4, -0.2) is 29.2 Å². The molecule has 2 aromatic carbocycles. The zero-order chi connectivity index (χ0) is 19.2. The van der Waals surface area contributed by atoms with E-state index >= 15 is 0 Å². The van der Waals surface area contributed by atoms with Gasteiger partial charge in [-0.3, -0.25) is 19.3 Å². The Bertz CT molecular complexity index is 833. The molecule has 3 amide bonds. The Hall–Kier alpha value is -3.15. The van der Waals surface area contributed by atoms with Gasteiger partial charge in [0, 0.05) is 25.8 Å². The lowest BCUT2D eigenvalue weighted by atomic mass is 10.2. The van der Waals surface area contributed by atoms with Gasteiger partial charge in [0.05, 0.1) is 5.69 Å². The minimum absolute atomic E-state index is 0.0590. The fraction of sp³-hybridized carbons (Fsp3) is 0.286. The fourth-order valence-corrected chi connectivity index (χ4v) is 2.89. The van der Waals surface area contributed by atoms with Crippen molar-refractivity contribution >= 4 is 23.4 Å². The summed E-state index contributed by atoms with van der Waals surface area (Å²) in [7, 11) is 0. The number of nitrogens with zero attached hydrogens (tertiary/aromatic N) is 1. The van der Waals surface area contributed by atoms with Crippen molar-refractivity contribution in [1.29, 1.82) is 0 Å². The van der Waals surface area contributed by atoms with Crippen LogP contribution in [0, 0.1) is 6.92 Å². The summed E-state index contributed by atoms with van der Waals surface area (Å²) < 4.78 is 5.88. The van der Waals surface area contributed by atoms with Crippen molar-refractivity contribution in [3.05, 3.63) is 59.7 Å². The zero-order valence-electron chi connectivity index (χ0n) is 15.2. The number of nitrogens with one attached hydrogen (secondary N) is 1. The minimum Gasteiger partial charge on any atom is -0.487 e. The summed E-state index contributed by atoms with van der Waals surface area (Å²) >= 11 is 0. The highest BCUT2D eigenvalue weighted by Gasteiger charge is 2.28. The number of likely N-dealkylation sites (tertiary alicyclic amines) is 1. The first-order valence-electron chi connectivity index (χ1n) is 8.93. The van der Waals surface area contributed by atoms with E-state index in [1.165, 1.54) is 0 Å². The first kappa shape index (κ1) is 18.6. The van der Waals surface area contributed by atoms with Crippen molar-refractivity contribution in [2.24, 2.45) is 0 Å². The third-order valence-electron chi connectivity index (χ3n) is 4.37. The molecule has 140 valence electrons. The summed E-state index contributed by atoms with van der Waals surface area (Å²) in [4.78, 5) is 36.7. The molecule has 1 aliphatic heterocycles. The highest BCUT2D eigenvalue weighted by Crippen LogP contribution is 2.27. The molecule has 6 nitrogen and oxygen atoms in total. The highest BCUT2D eigenvalue weighted by molar-refractivity contribution is 6.02. The van der Waals surface area contributed by atoms with Gasteiger partial charge in [0.2, 0.25) is 17.7 Å². The van der Waals surface area contributed by atoms with Crippen LogP contribution >= 0.6 is 0 Å². The van der Waals surface area contributed by atoms with Crippen LogP contribution in [0.5, 0.6) is 5.75 Å². The number of hydrogen-bond acceptors (Lipinski definition) is 4. The van der Waals surface area contributed by atoms with Crippen molar-refractivity contribution < 1.29 is 19.1 Å². The third kappa shape index (κ3) is 4.94. The molecule has 0 unspecified atom stereocenters. The van der Waals surface area contributed by atoms with E-state index in [0.717, 1.165) is 16.0 Å². The molecule has 0 spiro atoms. The molecule has 1 saturated heterocycles. The number of hydrogen-bond donors (Lipinski definition) is 1. The fourth-order valence-electron chi connectivity index (χ4n) is 2.89. The molecule has 0 bridgehead atoms. The largest absolute Gasteiger partial charge is 0.487 e. The SMILES string of the molecule is Cc1ccc(NC(=O)CCN2C(=O)CCC2=O)c(OCc2ccccc2)c1. The number of carbonyl (C=O) groups is 3. The third-order valence-corrected chi connectivity index (χ3v) is 4.37. The molecule has 2 aromatic rings. The van der Waals surface area contributed by atoms with Crippen molar-refractivity contribution in [2.75, 3.05) is 11.9 Å². The predicted molar refractivity (Wildman–Crippen MR) is 101 cm³/mol. The van der Waals surface area contributed by atoms with E-state index in [2.05, 4.69) is 5.32 Å². The van der Waals surface area contributed by atoms with Crippen molar-refractivity contribution in [3.63, 3.8) is 0 Å². The average Bonchev–Trinajstić information content (AvgIpc) is 2.99. The number of carbonyl (C=O) groups excluding carboxylic acids is 3. The average molecular weight is 366 g/mol. The molecular formula is C21H22N2O4. The molecule has 1 N–H and O–H groups in total. The van der Waals surface area contributed by atoms with Gasteiger partial charge in [-0.1, -0.05) is 36.4 Å². The normalized spacial score (nSPS) is 13.7. The summed E-state index contributed by atoms with van der Waals surface area (Å²) in [6, 6.07) is 15.3. The van der Waals surface area contributed by atoms with Gasteiger partial charge in [-0.15, -0.1) is 0 Å². The monoisotopic (exact) mass is 366 g/mol. The Labute approximate surface area is 158 Å². The maximum atomic E-state index is 12.3. The van der Waals surface area contributed by atoms with Crippen LogP contribution in [0.4, 0.5) is 5.69 Å². The van der Waals surface area contributed by atoms with Crippen LogP contribution in [-0.2, 0) is 21.0 Å². The number of benzene rings is 2. The molecule has 3 rings (SSSR count). The van der Waals surface area contributed by atoms with Gasteiger partial charge >= 0.3 is 0 Å². The van der Waals surface area contributed by atoms with Gasteiger partial charge < -0.3 is 10.1 Å². The molecule has 1 aliphatic rings. The maximum absolute atomic E-state index is 12.3. The lowest BCUT2D eigenvalue weighted by Crippen LogP contribution is -2.32. The number of anilines is 1. The van der Waals surface area contributed by atoms with Crippen molar-refractivity contribution in [2.45, 2.75) is 32.8 Å². The number of rotatable bonds is 7. The van der Waals surface area contributed by atoms with Crippen LogP contribution in [0.25, 0.3) is 0 Å². The van der Waals surface area contributed by atoms with Gasteiger partial charge in [-0.05, 0) is 30.2 Å².